The van der Waals surface area contributed by atoms with Crippen molar-refractivity contribution in [3.8, 4) is 28.4 Å². The topological polar surface area (TPSA) is 44.8 Å². The standard InChI is InChI=1S/C16H14O4/c1-18-9-4-5-10-12(8-9)15(17)11-6-7-13(19-2)16(20-3)14(10)11/h4-8H,1-3H3. The lowest BCUT2D eigenvalue weighted by Gasteiger charge is -2.12. The van der Waals surface area contributed by atoms with Crippen molar-refractivity contribution >= 4 is 5.78 Å². The average molecular weight is 270 g/mol. The van der Waals surface area contributed by atoms with Crippen molar-refractivity contribution in [2.75, 3.05) is 21.3 Å². The number of methoxy groups -OCH3 is 3. The first-order chi connectivity index (χ1) is 9.71. The van der Waals surface area contributed by atoms with Crippen LogP contribution in [-0.2, 0) is 0 Å². The predicted molar refractivity (Wildman–Crippen MR) is 75.0 cm³/mol. The molecule has 20 heavy (non-hydrogen) atoms. The van der Waals surface area contributed by atoms with Gasteiger partial charge in [-0.3, -0.25) is 4.79 Å². The SMILES string of the molecule is COc1ccc2c(c1)C(=O)c1ccc(OC)c(OC)c1-2. The highest BCUT2D eigenvalue weighted by atomic mass is 16.5. The minimum absolute atomic E-state index is 0.0187. The molecule has 0 radical (unpaired) electrons. The van der Waals surface area contributed by atoms with Crippen molar-refractivity contribution in [1.82, 2.24) is 0 Å². The van der Waals surface area contributed by atoms with Gasteiger partial charge in [-0.2, -0.15) is 0 Å². The normalized spacial score (nSPS) is 11.8. The third-order valence-electron chi connectivity index (χ3n) is 3.53. The Balaban J connectivity index is 2.31. The lowest BCUT2D eigenvalue weighted by Crippen LogP contribution is -1.97. The first-order valence-electron chi connectivity index (χ1n) is 6.19. The van der Waals surface area contributed by atoms with Gasteiger partial charge in [0.25, 0.3) is 0 Å². The van der Waals surface area contributed by atoms with Crippen molar-refractivity contribution in [1.29, 1.82) is 0 Å². The summed E-state index contributed by atoms with van der Waals surface area (Å²) < 4.78 is 15.9. The van der Waals surface area contributed by atoms with Crippen LogP contribution in [0.3, 0.4) is 0 Å². The molecule has 3 rings (SSSR count). The Morgan fingerprint density at radius 2 is 1.55 bits per heavy atom. The van der Waals surface area contributed by atoms with E-state index in [-0.39, 0.29) is 5.78 Å². The summed E-state index contributed by atoms with van der Waals surface area (Å²) in [5.41, 5.74) is 2.90. The lowest BCUT2D eigenvalue weighted by atomic mass is 10.0. The van der Waals surface area contributed by atoms with E-state index < -0.39 is 0 Å². The summed E-state index contributed by atoms with van der Waals surface area (Å²) in [5.74, 6) is 1.84. The number of benzene rings is 2. The largest absolute Gasteiger partial charge is 0.497 e. The molecule has 0 spiro atoms. The second-order valence-electron chi connectivity index (χ2n) is 4.46. The Morgan fingerprint density at radius 1 is 0.800 bits per heavy atom. The van der Waals surface area contributed by atoms with E-state index in [1.54, 1.807) is 39.5 Å². The van der Waals surface area contributed by atoms with Crippen LogP contribution in [0.5, 0.6) is 17.2 Å². The zero-order chi connectivity index (χ0) is 14.3. The molecule has 102 valence electrons. The Hall–Kier alpha value is -2.49. The summed E-state index contributed by atoms with van der Waals surface area (Å²) >= 11 is 0. The van der Waals surface area contributed by atoms with Crippen LogP contribution in [0.15, 0.2) is 30.3 Å². The zero-order valence-corrected chi connectivity index (χ0v) is 11.5. The van der Waals surface area contributed by atoms with Crippen LogP contribution in [-0.4, -0.2) is 27.1 Å². The van der Waals surface area contributed by atoms with E-state index in [1.165, 1.54) is 0 Å². The Kier molecular flexibility index (Phi) is 2.86. The summed E-state index contributed by atoms with van der Waals surface area (Å²) in [6.07, 6.45) is 0. The van der Waals surface area contributed by atoms with Crippen LogP contribution in [0.4, 0.5) is 0 Å². The van der Waals surface area contributed by atoms with Crippen LogP contribution < -0.4 is 14.2 Å². The molecule has 0 aromatic heterocycles. The Labute approximate surface area is 116 Å². The minimum atomic E-state index is -0.0187. The van der Waals surface area contributed by atoms with Gasteiger partial charge in [-0.25, -0.2) is 0 Å². The van der Waals surface area contributed by atoms with E-state index >= 15 is 0 Å². The fourth-order valence-corrected chi connectivity index (χ4v) is 2.58. The van der Waals surface area contributed by atoms with E-state index in [4.69, 9.17) is 14.2 Å². The molecule has 0 saturated carbocycles. The molecule has 4 nitrogen and oxygen atoms in total. The molecule has 0 atom stereocenters. The first kappa shape index (κ1) is 12.5. The van der Waals surface area contributed by atoms with Gasteiger partial charge in [0.15, 0.2) is 17.3 Å². The molecule has 0 amide bonds. The third kappa shape index (κ3) is 1.58. The van der Waals surface area contributed by atoms with Gasteiger partial charge in [0.2, 0.25) is 0 Å². The first-order valence-corrected chi connectivity index (χ1v) is 6.19. The van der Waals surface area contributed by atoms with Gasteiger partial charge in [0.05, 0.1) is 21.3 Å². The molecule has 2 aromatic carbocycles. The van der Waals surface area contributed by atoms with Crippen LogP contribution in [0.1, 0.15) is 15.9 Å². The summed E-state index contributed by atoms with van der Waals surface area (Å²) in [4.78, 5) is 12.5. The summed E-state index contributed by atoms with van der Waals surface area (Å²) in [6.45, 7) is 0. The molecule has 1 aliphatic rings. The number of fused-ring (bicyclic) bond motifs is 3. The van der Waals surface area contributed by atoms with Gasteiger partial charge >= 0.3 is 0 Å². The number of rotatable bonds is 3. The highest BCUT2D eigenvalue weighted by Crippen LogP contribution is 2.47. The van der Waals surface area contributed by atoms with Crippen molar-refractivity contribution < 1.29 is 19.0 Å². The van der Waals surface area contributed by atoms with Crippen molar-refractivity contribution in [2.45, 2.75) is 0 Å². The molecule has 2 aromatic rings. The van der Waals surface area contributed by atoms with Crippen molar-refractivity contribution in [3.63, 3.8) is 0 Å². The van der Waals surface area contributed by atoms with Crippen LogP contribution in [0, 0.1) is 0 Å². The second-order valence-corrected chi connectivity index (χ2v) is 4.46. The molecule has 0 bridgehead atoms. The third-order valence-corrected chi connectivity index (χ3v) is 3.53. The van der Waals surface area contributed by atoms with Crippen molar-refractivity contribution in [2.24, 2.45) is 0 Å². The molecule has 4 heteroatoms. The van der Waals surface area contributed by atoms with Crippen LogP contribution >= 0.6 is 0 Å². The zero-order valence-electron chi connectivity index (χ0n) is 11.5. The van der Waals surface area contributed by atoms with E-state index in [2.05, 4.69) is 0 Å². The highest BCUT2D eigenvalue weighted by Gasteiger charge is 2.31. The summed E-state index contributed by atoms with van der Waals surface area (Å²) in [5, 5.41) is 0. The monoisotopic (exact) mass is 270 g/mol. The Morgan fingerprint density at radius 3 is 2.20 bits per heavy atom. The number of carbonyl (C=O) groups is 1. The molecule has 0 unspecified atom stereocenters. The fraction of sp³-hybridized carbons (Fsp3) is 0.188. The summed E-state index contributed by atoms with van der Waals surface area (Å²) in [6, 6.07) is 8.98. The Bertz CT molecular complexity index is 704. The molecule has 0 heterocycles. The molecular formula is C16H14O4. The lowest BCUT2D eigenvalue weighted by molar-refractivity contribution is 0.104. The molecule has 0 N–H and O–H groups in total. The quantitative estimate of drug-likeness (QED) is 0.734. The van der Waals surface area contributed by atoms with Gasteiger partial charge in [-0.15, -0.1) is 0 Å². The van der Waals surface area contributed by atoms with E-state index in [9.17, 15) is 4.79 Å². The molecule has 0 aliphatic heterocycles. The van der Waals surface area contributed by atoms with Gasteiger partial charge in [-0.05, 0) is 35.9 Å². The highest BCUT2D eigenvalue weighted by molar-refractivity contribution is 6.23. The van der Waals surface area contributed by atoms with Gasteiger partial charge in [0.1, 0.15) is 5.75 Å². The van der Waals surface area contributed by atoms with Crippen molar-refractivity contribution in [3.05, 3.63) is 41.5 Å². The van der Waals surface area contributed by atoms with Crippen LogP contribution in [0.25, 0.3) is 11.1 Å². The number of ketones is 1. The maximum absolute atomic E-state index is 12.5. The molecule has 1 aliphatic carbocycles. The number of hydrogen-bond donors (Lipinski definition) is 0. The average Bonchev–Trinajstić information content (AvgIpc) is 2.79. The number of carbonyl (C=O) groups excluding carboxylic acids is 1. The van der Waals surface area contributed by atoms with Crippen LogP contribution in [0.2, 0.25) is 0 Å². The number of ether oxygens (including phenoxy) is 3. The van der Waals surface area contributed by atoms with E-state index in [0.29, 0.717) is 28.4 Å². The maximum atomic E-state index is 12.5. The van der Waals surface area contributed by atoms with Gasteiger partial charge in [0, 0.05) is 16.7 Å². The minimum Gasteiger partial charge on any atom is -0.497 e. The number of hydrogen-bond acceptors (Lipinski definition) is 4. The van der Waals surface area contributed by atoms with Gasteiger partial charge in [-0.1, -0.05) is 0 Å². The maximum Gasteiger partial charge on any atom is 0.194 e. The van der Waals surface area contributed by atoms with Gasteiger partial charge < -0.3 is 14.2 Å². The fourth-order valence-electron chi connectivity index (χ4n) is 2.58. The van der Waals surface area contributed by atoms with E-state index in [0.717, 1.165) is 11.1 Å². The molecule has 0 fully saturated rings. The summed E-state index contributed by atoms with van der Waals surface area (Å²) in [7, 11) is 4.73. The molecule has 0 saturated heterocycles. The van der Waals surface area contributed by atoms with E-state index in [1.807, 2.05) is 12.1 Å². The smallest absolute Gasteiger partial charge is 0.194 e. The second kappa shape index (κ2) is 4.56. The predicted octanol–water partition coefficient (Wildman–Crippen LogP) is 2.92. The molecular weight excluding hydrogens is 256 g/mol.